The molecule has 9 heteroatoms. The average Bonchev–Trinajstić information content (AvgIpc) is 2.60. The summed E-state index contributed by atoms with van der Waals surface area (Å²) in [7, 11) is 0. The number of fused-ring (bicyclic) bond motifs is 1. The molecule has 0 saturated carbocycles. The molecule has 0 aliphatic rings. The van der Waals surface area contributed by atoms with Gasteiger partial charge in [0, 0.05) is 0 Å². The van der Waals surface area contributed by atoms with Gasteiger partial charge in [0.05, 0.1) is 0 Å². The summed E-state index contributed by atoms with van der Waals surface area (Å²) in [6.07, 6.45) is -3.36. The molecule has 1 atom stereocenters. The topological polar surface area (TPSA) is 56.5 Å². The van der Waals surface area contributed by atoms with Crippen LogP contribution in [0.5, 0.6) is 0 Å². The minimum Gasteiger partial charge on any atom is -0.222 e. The zero-order valence-corrected chi connectivity index (χ0v) is 8.66. The van der Waals surface area contributed by atoms with Crippen molar-refractivity contribution < 1.29 is 13.2 Å². The Labute approximate surface area is 92.2 Å². The Hall–Kier alpha value is -1.44. The molecule has 0 fully saturated rings. The molecule has 1 unspecified atom stereocenters. The Balaban J connectivity index is 2.59. The first-order valence-electron chi connectivity index (χ1n) is 4.19. The predicted octanol–water partition coefficient (Wildman–Crippen LogP) is 2.00. The van der Waals surface area contributed by atoms with Gasteiger partial charge in [-0.2, -0.15) is 13.2 Å². The van der Waals surface area contributed by atoms with Crippen molar-refractivity contribution in [2.24, 2.45) is 0 Å². The van der Waals surface area contributed by atoms with Crippen LogP contribution in [0.25, 0.3) is 11.2 Å². The van der Waals surface area contributed by atoms with Gasteiger partial charge in [0.25, 0.3) is 0 Å². The number of nitrogens with zero attached hydrogens (tertiary/aromatic N) is 5. The zero-order chi connectivity index (χ0) is 11.9. The molecule has 0 amide bonds. The number of hydrogen-bond donors (Lipinski definition) is 0. The molecule has 0 N–H and O–H groups in total. The van der Waals surface area contributed by atoms with Crippen LogP contribution in [-0.2, 0) is 0 Å². The molecule has 0 aliphatic heterocycles. The van der Waals surface area contributed by atoms with Crippen LogP contribution in [0.2, 0.25) is 5.15 Å². The molecule has 86 valence electrons. The van der Waals surface area contributed by atoms with Crippen LogP contribution in [-0.4, -0.2) is 31.1 Å². The molecule has 2 aromatic heterocycles. The smallest absolute Gasteiger partial charge is 0.222 e. The summed E-state index contributed by atoms with van der Waals surface area (Å²) in [6.45, 7) is 0.962. The molecule has 0 spiro atoms. The van der Waals surface area contributed by atoms with Crippen molar-refractivity contribution in [1.29, 1.82) is 0 Å². The van der Waals surface area contributed by atoms with Gasteiger partial charge in [-0.05, 0) is 6.92 Å². The maximum absolute atomic E-state index is 12.5. The van der Waals surface area contributed by atoms with E-state index in [1.54, 1.807) is 0 Å². The minimum atomic E-state index is -4.42. The van der Waals surface area contributed by atoms with Crippen molar-refractivity contribution in [3.63, 3.8) is 0 Å². The van der Waals surface area contributed by atoms with Crippen molar-refractivity contribution >= 4 is 22.8 Å². The summed E-state index contributed by atoms with van der Waals surface area (Å²) in [5, 5.41) is 6.87. The van der Waals surface area contributed by atoms with E-state index in [4.69, 9.17) is 11.6 Å². The molecule has 0 aliphatic carbocycles. The highest BCUT2D eigenvalue weighted by atomic mass is 35.5. The van der Waals surface area contributed by atoms with E-state index in [1.807, 2.05) is 0 Å². The second kappa shape index (κ2) is 3.55. The number of alkyl halides is 3. The van der Waals surface area contributed by atoms with Gasteiger partial charge >= 0.3 is 6.18 Å². The minimum absolute atomic E-state index is 0.0226. The Morgan fingerprint density at radius 3 is 2.69 bits per heavy atom. The fourth-order valence-corrected chi connectivity index (χ4v) is 1.30. The van der Waals surface area contributed by atoms with E-state index in [0.717, 1.165) is 13.3 Å². The highest BCUT2D eigenvalue weighted by molar-refractivity contribution is 6.33. The third-order valence-electron chi connectivity index (χ3n) is 2.06. The quantitative estimate of drug-likeness (QED) is 0.728. The lowest BCUT2D eigenvalue weighted by molar-refractivity contribution is -0.164. The Bertz CT molecular complexity index is 522. The molecule has 0 aromatic carbocycles. The van der Waals surface area contributed by atoms with E-state index < -0.39 is 12.2 Å². The van der Waals surface area contributed by atoms with Gasteiger partial charge in [0.1, 0.15) is 12.4 Å². The second-order valence-corrected chi connectivity index (χ2v) is 3.45. The van der Waals surface area contributed by atoms with Crippen LogP contribution in [0.15, 0.2) is 6.33 Å². The normalized spacial score (nSPS) is 14.3. The lowest BCUT2D eigenvalue weighted by Crippen LogP contribution is -2.24. The summed E-state index contributed by atoms with van der Waals surface area (Å²) in [5.41, 5.74) is 0.0186. The maximum Gasteiger partial charge on any atom is 0.410 e. The van der Waals surface area contributed by atoms with Gasteiger partial charge in [-0.3, -0.25) is 0 Å². The lowest BCUT2D eigenvalue weighted by Gasteiger charge is -2.15. The molecule has 2 aromatic rings. The highest BCUT2D eigenvalue weighted by Gasteiger charge is 2.39. The Kier molecular flexibility index (Phi) is 2.45. The number of halogens is 4. The van der Waals surface area contributed by atoms with E-state index in [1.165, 1.54) is 0 Å². The molecule has 0 bridgehead atoms. The standard InChI is InChI=1S/C7H5ClF3N5/c1-3(7(9,10)11)16-6-4(14-15-16)5(8)12-2-13-6/h2-3H,1H3. The molecular weight excluding hydrogens is 247 g/mol. The third-order valence-corrected chi connectivity index (χ3v) is 2.33. The van der Waals surface area contributed by atoms with E-state index in [0.29, 0.717) is 4.68 Å². The SMILES string of the molecule is CC(n1nnc2c(Cl)ncnc21)C(F)(F)F. The third kappa shape index (κ3) is 1.69. The van der Waals surface area contributed by atoms with Crippen molar-refractivity contribution in [3.8, 4) is 0 Å². The van der Waals surface area contributed by atoms with Gasteiger partial charge in [0.15, 0.2) is 16.3 Å². The largest absolute Gasteiger partial charge is 0.410 e. The van der Waals surface area contributed by atoms with Gasteiger partial charge in [-0.25, -0.2) is 14.6 Å². The van der Waals surface area contributed by atoms with Crippen LogP contribution in [0.3, 0.4) is 0 Å². The fraction of sp³-hybridized carbons (Fsp3) is 0.429. The first-order chi connectivity index (χ1) is 7.41. The zero-order valence-electron chi connectivity index (χ0n) is 7.90. The average molecular weight is 252 g/mol. The number of hydrogen-bond acceptors (Lipinski definition) is 4. The lowest BCUT2D eigenvalue weighted by atomic mass is 10.3. The maximum atomic E-state index is 12.5. The van der Waals surface area contributed by atoms with Gasteiger partial charge in [0.2, 0.25) is 0 Å². The van der Waals surface area contributed by atoms with Crippen molar-refractivity contribution in [2.75, 3.05) is 0 Å². The van der Waals surface area contributed by atoms with Crippen molar-refractivity contribution in [3.05, 3.63) is 11.5 Å². The van der Waals surface area contributed by atoms with Crippen LogP contribution in [0.4, 0.5) is 13.2 Å². The van der Waals surface area contributed by atoms with Crippen LogP contribution in [0, 0.1) is 0 Å². The summed E-state index contributed by atoms with van der Waals surface area (Å²) in [6, 6.07) is -1.82. The summed E-state index contributed by atoms with van der Waals surface area (Å²) >= 11 is 5.64. The Morgan fingerprint density at radius 2 is 2.06 bits per heavy atom. The molecule has 2 rings (SSSR count). The molecule has 0 radical (unpaired) electrons. The predicted molar refractivity (Wildman–Crippen MR) is 48.9 cm³/mol. The fourth-order valence-electron chi connectivity index (χ4n) is 1.14. The van der Waals surface area contributed by atoms with Crippen LogP contribution < -0.4 is 0 Å². The number of aromatic nitrogens is 5. The molecule has 16 heavy (non-hydrogen) atoms. The van der Waals surface area contributed by atoms with E-state index in [9.17, 15) is 13.2 Å². The highest BCUT2D eigenvalue weighted by Crippen LogP contribution is 2.31. The molecule has 5 nitrogen and oxygen atoms in total. The first kappa shape index (κ1) is 11.1. The van der Waals surface area contributed by atoms with E-state index in [-0.39, 0.29) is 16.3 Å². The monoisotopic (exact) mass is 251 g/mol. The van der Waals surface area contributed by atoms with Crippen molar-refractivity contribution in [2.45, 2.75) is 19.1 Å². The summed E-state index contributed by atoms with van der Waals surface area (Å²) in [4.78, 5) is 7.28. The first-order valence-corrected chi connectivity index (χ1v) is 4.57. The van der Waals surface area contributed by atoms with Gasteiger partial charge < -0.3 is 0 Å². The molecular formula is C7H5ClF3N5. The van der Waals surface area contributed by atoms with Crippen molar-refractivity contribution in [1.82, 2.24) is 25.0 Å². The molecule has 0 saturated heterocycles. The van der Waals surface area contributed by atoms with E-state index in [2.05, 4.69) is 20.3 Å². The van der Waals surface area contributed by atoms with Gasteiger partial charge in [-0.15, -0.1) is 5.10 Å². The Morgan fingerprint density at radius 1 is 1.38 bits per heavy atom. The second-order valence-electron chi connectivity index (χ2n) is 3.09. The molecule has 2 heterocycles. The van der Waals surface area contributed by atoms with E-state index >= 15 is 0 Å². The van der Waals surface area contributed by atoms with Crippen LogP contribution in [0.1, 0.15) is 13.0 Å². The summed E-state index contributed by atoms with van der Waals surface area (Å²) in [5.74, 6) is 0. The van der Waals surface area contributed by atoms with Crippen LogP contribution >= 0.6 is 11.6 Å². The summed E-state index contributed by atoms with van der Waals surface area (Å²) < 4.78 is 38.1. The van der Waals surface area contributed by atoms with Gasteiger partial charge in [-0.1, -0.05) is 16.8 Å². The number of rotatable bonds is 1.